The van der Waals surface area contributed by atoms with Crippen LogP contribution in [0.5, 0.6) is 11.5 Å². The fourth-order valence-electron chi connectivity index (χ4n) is 1.56. The molecule has 1 unspecified atom stereocenters. The van der Waals surface area contributed by atoms with Crippen LogP contribution in [0, 0.1) is 10.7 Å². The van der Waals surface area contributed by atoms with Crippen LogP contribution in [0.25, 0.3) is 0 Å². The van der Waals surface area contributed by atoms with Gasteiger partial charge in [-0.3, -0.25) is 0 Å². The van der Waals surface area contributed by atoms with E-state index in [4.69, 9.17) is 16.3 Å². The first kappa shape index (κ1) is 13.5. The molecule has 19 heavy (non-hydrogen) atoms. The molecule has 3 nitrogen and oxygen atoms in total. The van der Waals surface area contributed by atoms with Crippen molar-refractivity contribution >= 4 is 11.6 Å². The van der Waals surface area contributed by atoms with E-state index in [0.717, 1.165) is 5.56 Å². The number of nitroso groups, excluding NO2 is 1. The molecule has 0 heterocycles. The summed E-state index contributed by atoms with van der Waals surface area (Å²) in [6.45, 7) is 0. The quantitative estimate of drug-likeness (QED) is 0.459. The molecule has 0 saturated heterocycles. The lowest BCUT2D eigenvalue weighted by molar-refractivity contribution is 0.480. The highest BCUT2D eigenvalue weighted by molar-refractivity contribution is 6.20. The molecule has 0 aliphatic heterocycles. The Bertz CT molecular complexity index is 542. The average molecular weight is 280 g/mol. The molecule has 2 aromatic carbocycles. The first-order valence-corrected chi connectivity index (χ1v) is 6.10. The number of alkyl halides is 1. The molecule has 2 aromatic rings. The Morgan fingerprint density at radius 3 is 2.11 bits per heavy atom. The molecule has 0 spiro atoms. The Morgan fingerprint density at radius 2 is 1.58 bits per heavy atom. The van der Waals surface area contributed by atoms with E-state index in [1.54, 1.807) is 36.4 Å². The standard InChI is InChI=1S/C14H11ClFNO2/c15-14(17-18)9-10-1-5-12(6-2-10)19-13-7-3-11(16)4-8-13/h1-8,14H,9H2. The molecule has 0 N–H and O–H groups in total. The molecule has 0 amide bonds. The lowest BCUT2D eigenvalue weighted by Gasteiger charge is -2.07. The predicted octanol–water partition coefficient (Wildman–Crippen LogP) is 4.49. The van der Waals surface area contributed by atoms with Gasteiger partial charge in [0.2, 0.25) is 0 Å². The maximum atomic E-state index is 12.7. The van der Waals surface area contributed by atoms with Crippen molar-refractivity contribution in [3.8, 4) is 11.5 Å². The van der Waals surface area contributed by atoms with Gasteiger partial charge in [0.15, 0.2) is 5.50 Å². The minimum absolute atomic E-state index is 0.308. The maximum absolute atomic E-state index is 12.7. The summed E-state index contributed by atoms with van der Waals surface area (Å²) in [5.41, 5.74) is 0.134. The third kappa shape index (κ3) is 4.03. The molecule has 98 valence electrons. The summed E-state index contributed by atoms with van der Waals surface area (Å²) < 4.78 is 18.3. The molecule has 0 bridgehead atoms. The minimum atomic E-state index is -0.760. The average Bonchev–Trinajstić information content (AvgIpc) is 2.43. The zero-order valence-electron chi connectivity index (χ0n) is 9.92. The van der Waals surface area contributed by atoms with Crippen LogP contribution in [0.1, 0.15) is 5.56 Å². The zero-order chi connectivity index (χ0) is 13.7. The number of hydrogen-bond donors (Lipinski definition) is 0. The highest BCUT2D eigenvalue weighted by Gasteiger charge is 2.05. The Labute approximate surface area is 114 Å². The van der Waals surface area contributed by atoms with Crippen molar-refractivity contribution in [2.75, 3.05) is 0 Å². The van der Waals surface area contributed by atoms with Crippen molar-refractivity contribution in [1.29, 1.82) is 0 Å². The van der Waals surface area contributed by atoms with Crippen LogP contribution in [0.3, 0.4) is 0 Å². The van der Waals surface area contributed by atoms with Crippen LogP contribution in [-0.2, 0) is 6.42 Å². The number of hydrogen-bond acceptors (Lipinski definition) is 3. The van der Waals surface area contributed by atoms with Crippen LogP contribution in [-0.4, -0.2) is 5.50 Å². The van der Waals surface area contributed by atoms with Crippen LogP contribution in [0.15, 0.2) is 53.7 Å². The van der Waals surface area contributed by atoms with E-state index in [-0.39, 0.29) is 5.82 Å². The number of benzene rings is 2. The molecular weight excluding hydrogens is 269 g/mol. The lowest BCUT2D eigenvalue weighted by atomic mass is 10.1. The molecule has 0 aromatic heterocycles. The van der Waals surface area contributed by atoms with Crippen LogP contribution < -0.4 is 4.74 Å². The molecule has 1 atom stereocenters. The van der Waals surface area contributed by atoms with E-state index in [2.05, 4.69) is 5.18 Å². The number of ether oxygens (including phenoxy) is 1. The molecule has 0 aliphatic carbocycles. The highest BCUT2D eigenvalue weighted by atomic mass is 35.5. The van der Waals surface area contributed by atoms with Crippen molar-refractivity contribution < 1.29 is 9.13 Å². The summed E-state index contributed by atoms with van der Waals surface area (Å²) in [6.07, 6.45) is 0.377. The Kier molecular flexibility index (Phi) is 4.47. The summed E-state index contributed by atoms with van der Waals surface area (Å²) >= 11 is 5.64. The topological polar surface area (TPSA) is 38.7 Å². The van der Waals surface area contributed by atoms with E-state index in [1.165, 1.54) is 12.1 Å². The summed E-state index contributed by atoms with van der Waals surface area (Å²) in [6, 6.07) is 12.9. The van der Waals surface area contributed by atoms with Gasteiger partial charge in [0.05, 0.1) is 0 Å². The van der Waals surface area contributed by atoms with E-state index < -0.39 is 5.50 Å². The lowest BCUT2D eigenvalue weighted by Crippen LogP contribution is -1.98. The first-order chi connectivity index (χ1) is 9.17. The van der Waals surface area contributed by atoms with Crippen molar-refractivity contribution in [3.63, 3.8) is 0 Å². The fourth-order valence-corrected chi connectivity index (χ4v) is 1.74. The normalized spacial score (nSPS) is 11.9. The minimum Gasteiger partial charge on any atom is -0.457 e. The van der Waals surface area contributed by atoms with Gasteiger partial charge < -0.3 is 4.74 Å². The summed E-state index contributed by atoms with van der Waals surface area (Å²) in [7, 11) is 0. The van der Waals surface area contributed by atoms with Gasteiger partial charge in [-0.2, -0.15) is 0 Å². The van der Waals surface area contributed by atoms with Gasteiger partial charge in [-0.1, -0.05) is 23.7 Å². The van der Waals surface area contributed by atoms with E-state index in [0.29, 0.717) is 17.9 Å². The summed E-state index contributed by atoms with van der Waals surface area (Å²) in [5.74, 6) is 0.872. The van der Waals surface area contributed by atoms with Crippen molar-refractivity contribution in [2.45, 2.75) is 11.9 Å². The Hall–Kier alpha value is -1.94. The highest BCUT2D eigenvalue weighted by Crippen LogP contribution is 2.22. The molecule has 0 aliphatic rings. The Balaban J connectivity index is 2.02. The van der Waals surface area contributed by atoms with Crippen LogP contribution >= 0.6 is 11.6 Å². The van der Waals surface area contributed by atoms with Gasteiger partial charge in [0.25, 0.3) is 0 Å². The van der Waals surface area contributed by atoms with Crippen molar-refractivity contribution in [1.82, 2.24) is 0 Å². The molecular formula is C14H11ClFNO2. The van der Waals surface area contributed by atoms with Crippen LogP contribution in [0.2, 0.25) is 0 Å². The summed E-state index contributed by atoms with van der Waals surface area (Å²) in [5, 5.41) is 2.73. The second kappa shape index (κ2) is 6.29. The molecule has 0 saturated carbocycles. The van der Waals surface area contributed by atoms with Gasteiger partial charge >= 0.3 is 0 Å². The second-order valence-corrected chi connectivity index (χ2v) is 4.45. The van der Waals surface area contributed by atoms with Gasteiger partial charge in [-0.05, 0) is 47.1 Å². The third-order valence-electron chi connectivity index (χ3n) is 2.49. The van der Waals surface area contributed by atoms with Crippen LogP contribution in [0.4, 0.5) is 4.39 Å². The van der Waals surface area contributed by atoms with Gasteiger partial charge in [0.1, 0.15) is 17.3 Å². The number of rotatable bonds is 5. The fraction of sp³-hybridized carbons (Fsp3) is 0.143. The second-order valence-electron chi connectivity index (χ2n) is 3.94. The molecule has 5 heteroatoms. The van der Waals surface area contributed by atoms with Gasteiger partial charge in [-0.15, -0.1) is 4.91 Å². The van der Waals surface area contributed by atoms with E-state index >= 15 is 0 Å². The maximum Gasteiger partial charge on any atom is 0.169 e. The molecule has 0 radical (unpaired) electrons. The molecule has 2 rings (SSSR count). The van der Waals surface area contributed by atoms with Crippen molar-refractivity contribution in [2.24, 2.45) is 5.18 Å². The largest absolute Gasteiger partial charge is 0.457 e. The smallest absolute Gasteiger partial charge is 0.169 e. The van der Waals surface area contributed by atoms with E-state index in [9.17, 15) is 9.30 Å². The predicted molar refractivity (Wildman–Crippen MR) is 72.1 cm³/mol. The zero-order valence-corrected chi connectivity index (χ0v) is 10.7. The van der Waals surface area contributed by atoms with Crippen molar-refractivity contribution in [3.05, 3.63) is 64.8 Å². The SMILES string of the molecule is O=NC(Cl)Cc1ccc(Oc2ccc(F)cc2)cc1. The van der Waals surface area contributed by atoms with Gasteiger partial charge in [-0.25, -0.2) is 4.39 Å². The number of nitrogens with zero attached hydrogens (tertiary/aromatic N) is 1. The molecule has 0 fully saturated rings. The monoisotopic (exact) mass is 279 g/mol. The van der Waals surface area contributed by atoms with Gasteiger partial charge in [0, 0.05) is 6.42 Å². The van der Waals surface area contributed by atoms with E-state index in [1.807, 2.05) is 0 Å². The Morgan fingerprint density at radius 1 is 1.05 bits per heavy atom. The first-order valence-electron chi connectivity index (χ1n) is 5.66. The summed E-state index contributed by atoms with van der Waals surface area (Å²) in [4.78, 5) is 10.2. The third-order valence-corrected chi connectivity index (χ3v) is 2.73. The number of halogens is 2.